The Labute approximate surface area is 106 Å². The van der Waals surface area contributed by atoms with Crippen molar-refractivity contribution in [3.05, 3.63) is 35.4 Å². The summed E-state index contributed by atoms with van der Waals surface area (Å²) in [6.45, 7) is 4.24. The molecule has 0 bridgehead atoms. The summed E-state index contributed by atoms with van der Waals surface area (Å²) in [7, 11) is 0. The standard InChI is InChI=1S/C13H19F2NS/c1-3-9(2)17-8-10(16)7-11-12(14)5-4-6-13(11)15/h4-6,9-10H,3,7-8,16H2,1-2H3. The van der Waals surface area contributed by atoms with Crippen LogP contribution < -0.4 is 5.73 Å². The number of nitrogens with two attached hydrogens (primary N) is 1. The fraction of sp³-hybridized carbons (Fsp3) is 0.538. The van der Waals surface area contributed by atoms with Gasteiger partial charge in [-0.25, -0.2) is 8.78 Å². The zero-order valence-corrected chi connectivity index (χ0v) is 11.1. The van der Waals surface area contributed by atoms with Crippen molar-refractivity contribution in [3.63, 3.8) is 0 Å². The number of hydrogen-bond donors (Lipinski definition) is 1. The van der Waals surface area contributed by atoms with Gasteiger partial charge in [-0.15, -0.1) is 0 Å². The zero-order chi connectivity index (χ0) is 12.8. The lowest BCUT2D eigenvalue weighted by molar-refractivity contribution is 0.543. The summed E-state index contributed by atoms with van der Waals surface area (Å²) in [6.07, 6.45) is 1.33. The summed E-state index contributed by atoms with van der Waals surface area (Å²) in [5.74, 6) is -0.286. The third kappa shape index (κ3) is 4.64. The van der Waals surface area contributed by atoms with Crippen LogP contribution in [0, 0.1) is 11.6 Å². The third-order valence-corrected chi connectivity index (χ3v) is 4.22. The van der Waals surface area contributed by atoms with Gasteiger partial charge in [0.05, 0.1) is 0 Å². The number of thioether (sulfide) groups is 1. The number of halogens is 2. The average Bonchev–Trinajstić information content (AvgIpc) is 2.31. The van der Waals surface area contributed by atoms with Gasteiger partial charge < -0.3 is 5.73 Å². The fourth-order valence-electron chi connectivity index (χ4n) is 1.45. The maximum Gasteiger partial charge on any atom is 0.129 e. The molecule has 0 aromatic heterocycles. The molecule has 1 rings (SSSR count). The summed E-state index contributed by atoms with van der Waals surface area (Å²) in [6, 6.07) is 3.70. The van der Waals surface area contributed by atoms with Crippen LogP contribution in [-0.4, -0.2) is 17.0 Å². The predicted molar refractivity (Wildman–Crippen MR) is 70.2 cm³/mol. The predicted octanol–water partition coefficient (Wildman–Crippen LogP) is 3.37. The Balaban J connectivity index is 2.53. The van der Waals surface area contributed by atoms with E-state index in [1.54, 1.807) is 11.8 Å². The molecular weight excluding hydrogens is 240 g/mol. The van der Waals surface area contributed by atoms with Crippen LogP contribution >= 0.6 is 11.8 Å². The van der Waals surface area contributed by atoms with E-state index in [2.05, 4.69) is 13.8 Å². The van der Waals surface area contributed by atoms with E-state index >= 15 is 0 Å². The van der Waals surface area contributed by atoms with Crippen LogP contribution in [0.25, 0.3) is 0 Å². The van der Waals surface area contributed by atoms with E-state index in [0.717, 1.165) is 12.2 Å². The second-order valence-electron chi connectivity index (χ2n) is 4.22. The molecule has 17 heavy (non-hydrogen) atoms. The summed E-state index contributed by atoms with van der Waals surface area (Å²) >= 11 is 1.75. The smallest absolute Gasteiger partial charge is 0.129 e. The third-order valence-electron chi connectivity index (χ3n) is 2.70. The molecule has 0 fully saturated rings. The Morgan fingerprint density at radius 2 is 1.88 bits per heavy atom. The van der Waals surface area contributed by atoms with Crippen LogP contribution in [0.15, 0.2) is 18.2 Å². The van der Waals surface area contributed by atoms with E-state index in [1.807, 2.05) is 0 Å². The first-order valence-electron chi connectivity index (χ1n) is 5.84. The van der Waals surface area contributed by atoms with E-state index in [-0.39, 0.29) is 18.0 Å². The second-order valence-corrected chi connectivity index (χ2v) is 5.69. The van der Waals surface area contributed by atoms with Gasteiger partial charge in [-0.3, -0.25) is 0 Å². The molecule has 2 N–H and O–H groups in total. The lowest BCUT2D eigenvalue weighted by atomic mass is 10.1. The van der Waals surface area contributed by atoms with Crippen molar-refractivity contribution in [3.8, 4) is 0 Å². The summed E-state index contributed by atoms with van der Waals surface area (Å²) in [4.78, 5) is 0. The molecule has 0 spiro atoms. The Morgan fingerprint density at radius 1 is 1.29 bits per heavy atom. The Morgan fingerprint density at radius 3 is 2.41 bits per heavy atom. The Kier molecular flexibility index (Phi) is 5.92. The van der Waals surface area contributed by atoms with Crippen LogP contribution in [0.4, 0.5) is 8.78 Å². The van der Waals surface area contributed by atoms with Gasteiger partial charge >= 0.3 is 0 Å². The van der Waals surface area contributed by atoms with Crippen LogP contribution in [0.5, 0.6) is 0 Å². The first kappa shape index (κ1) is 14.5. The van der Waals surface area contributed by atoms with Gasteiger partial charge in [0.1, 0.15) is 11.6 Å². The SMILES string of the molecule is CCC(C)SCC(N)Cc1c(F)cccc1F. The highest BCUT2D eigenvalue weighted by Crippen LogP contribution is 2.18. The van der Waals surface area contributed by atoms with Crippen LogP contribution in [0.2, 0.25) is 0 Å². The molecule has 0 aliphatic heterocycles. The van der Waals surface area contributed by atoms with Crippen molar-refractivity contribution in [2.24, 2.45) is 5.73 Å². The van der Waals surface area contributed by atoms with Gasteiger partial charge in [0.25, 0.3) is 0 Å². The monoisotopic (exact) mass is 259 g/mol. The highest BCUT2D eigenvalue weighted by atomic mass is 32.2. The minimum absolute atomic E-state index is 0.102. The normalized spacial score (nSPS) is 14.6. The number of hydrogen-bond acceptors (Lipinski definition) is 2. The van der Waals surface area contributed by atoms with Crippen LogP contribution in [-0.2, 0) is 6.42 Å². The van der Waals surface area contributed by atoms with Gasteiger partial charge in [-0.1, -0.05) is 19.9 Å². The van der Waals surface area contributed by atoms with Crippen molar-refractivity contribution in [2.45, 2.75) is 38.0 Å². The largest absolute Gasteiger partial charge is 0.327 e. The zero-order valence-electron chi connectivity index (χ0n) is 10.2. The van der Waals surface area contributed by atoms with E-state index in [1.165, 1.54) is 18.2 Å². The highest BCUT2D eigenvalue weighted by molar-refractivity contribution is 7.99. The molecule has 1 aromatic rings. The van der Waals surface area contributed by atoms with E-state index < -0.39 is 11.6 Å². The van der Waals surface area contributed by atoms with Crippen molar-refractivity contribution >= 4 is 11.8 Å². The van der Waals surface area contributed by atoms with Gasteiger partial charge in [0.2, 0.25) is 0 Å². The van der Waals surface area contributed by atoms with Gasteiger partial charge in [0.15, 0.2) is 0 Å². The lowest BCUT2D eigenvalue weighted by Crippen LogP contribution is -2.27. The molecule has 0 saturated carbocycles. The van der Waals surface area contributed by atoms with Gasteiger partial charge in [-0.05, 0) is 25.0 Å². The van der Waals surface area contributed by atoms with E-state index in [0.29, 0.717) is 5.25 Å². The first-order chi connectivity index (χ1) is 8.04. The molecule has 96 valence electrons. The van der Waals surface area contributed by atoms with Crippen LogP contribution in [0.3, 0.4) is 0 Å². The van der Waals surface area contributed by atoms with E-state index in [9.17, 15) is 8.78 Å². The van der Waals surface area contributed by atoms with Gasteiger partial charge in [0, 0.05) is 22.6 Å². The molecule has 2 unspecified atom stereocenters. The summed E-state index contributed by atoms with van der Waals surface area (Å²) in [5.41, 5.74) is 5.99. The van der Waals surface area contributed by atoms with Crippen LogP contribution in [0.1, 0.15) is 25.8 Å². The first-order valence-corrected chi connectivity index (χ1v) is 6.89. The molecule has 0 aliphatic rings. The van der Waals surface area contributed by atoms with E-state index in [4.69, 9.17) is 5.73 Å². The topological polar surface area (TPSA) is 26.0 Å². The summed E-state index contributed by atoms with van der Waals surface area (Å²) in [5, 5.41) is 0.534. The van der Waals surface area contributed by atoms with Crippen molar-refractivity contribution in [1.29, 1.82) is 0 Å². The highest BCUT2D eigenvalue weighted by Gasteiger charge is 2.13. The fourth-order valence-corrected chi connectivity index (χ4v) is 2.38. The molecule has 0 heterocycles. The number of benzene rings is 1. The molecule has 0 amide bonds. The molecule has 0 radical (unpaired) electrons. The second kappa shape index (κ2) is 6.97. The molecule has 4 heteroatoms. The minimum Gasteiger partial charge on any atom is -0.327 e. The maximum atomic E-state index is 13.4. The average molecular weight is 259 g/mol. The molecular formula is C13H19F2NS. The van der Waals surface area contributed by atoms with Crippen molar-refractivity contribution < 1.29 is 8.78 Å². The molecule has 0 saturated heterocycles. The quantitative estimate of drug-likeness (QED) is 0.847. The van der Waals surface area contributed by atoms with Crippen molar-refractivity contribution in [1.82, 2.24) is 0 Å². The van der Waals surface area contributed by atoms with Crippen molar-refractivity contribution in [2.75, 3.05) is 5.75 Å². The Bertz CT molecular complexity index is 337. The number of rotatable bonds is 6. The Hall–Kier alpha value is -0.610. The lowest BCUT2D eigenvalue weighted by Gasteiger charge is -2.15. The molecule has 2 atom stereocenters. The van der Waals surface area contributed by atoms with Gasteiger partial charge in [-0.2, -0.15) is 11.8 Å². The minimum atomic E-state index is -0.506. The molecule has 1 aromatic carbocycles. The molecule has 0 aliphatic carbocycles. The maximum absolute atomic E-state index is 13.4. The molecule has 1 nitrogen and oxygen atoms in total. The summed E-state index contributed by atoms with van der Waals surface area (Å²) < 4.78 is 26.7.